The maximum Gasteiger partial charge on any atom is 0.306 e. The predicted octanol–water partition coefficient (Wildman–Crippen LogP) is 11.7. The van der Waals surface area contributed by atoms with Gasteiger partial charge >= 0.3 is 11.9 Å². The second kappa shape index (κ2) is 36.2. The number of carbonyl (C=O) groups excluding carboxylic acids is 3. The summed E-state index contributed by atoms with van der Waals surface area (Å²) in [4.78, 5) is 36.8. The first-order valence-corrected chi connectivity index (χ1v) is 20.1. The molecule has 0 heterocycles. The van der Waals surface area contributed by atoms with Crippen LogP contribution in [0.5, 0.6) is 0 Å². The van der Waals surface area contributed by atoms with E-state index in [0.29, 0.717) is 32.2 Å². The van der Waals surface area contributed by atoms with Crippen LogP contribution in [-0.2, 0) is 23.9 Å². The molecule has 0 aliphatic rings. The number of carbonyl (C=O) groups is 3. The Morgan fingerprint density at radius 2 is 0.826 bits per heavy atom. The number of hydrogen-bond donors (Lipinski definition) is 1. The van der Waals surface area contributed by atoms with Gasteiger partial charge in [0.1, 0.15) is 12.7 Å². The van der Waals surface area contributed by atoms with Gasteiger partial charge in [-0.25, -0.2) is 0 Å². The number of hydrogen-bond acceptors (Lipinski definition) is 5. The molecule has 0 aromatic carbocycles. The summed E-state index contributed by atoms with van der Waals surface area (Å²) < 4.78 is 11.2. The lowest BCUT2D eigenvalue weighted by molar-refractivity contribution is -0.159. The van der Waals surface area contributed by atoms with Crippen LogP contribution in [0.15, 0.2) is 0 Å². The normalized spacial score (nSPS) is 11.8. The molecule has 0 aromatic rings. The largest absolute Gasteiger partial charge is 0.462 e. The van der Waals surface area contributed by atoms with Crippen LogP contribution >= 0.6 is 0 Å². The molecular formula is C40H77NO5. The van der Waals surface area contributed by atoms with Gasteiger partial charge < -0.3 is 14.8 Å². The van der Waals surface area contributed by atoms with E-state index in [4.69, 9.17) is 9.47 Å². The van der Waals surface area contributed by atoms with Crippen LogP contribution in [-0.4, -0.2) is 37.1 Å². The fraction of sp³-hybridized carbons (Fsp3) is 0.925. The molecule has 1 atom stereocenters. The van der Waals surface area contributed by atoms with Gasteiger partial charge in [0, 0.05) is 32.2 Å². The third-order valence-corrected chi connectivity index (χ3v) is 8.96. The first-order chi connectivity index (χ1) is 22.5. The minimum atomic E-state index is -0.521. The van der Waals surface area contributed by atoms with Crippen molar-refractivity contribution in [3.05, 3.63) is 0 Å². The molecule has 6 nitrogen and oxygen atoms in total. The highest BCUT2D eigenvalue weighted by atomic mass is 16.6. The van der Waals surface area contributed by atoms with Crippen molar-refractivity contribution >= 4 is 17.8 Å². The summed E-state index contributed by atoms with van der Waals surface area (Å²) in [6, 6.07) is 0. The van der Waals surface area contributed by atoms with Crippen LogP contribution in [0.4, 0.5) is 0 Å². The summed E-state index contributed by atoms with van der Waals surface area (Å²) in [6.07, 6.45) is 34.9. The van der Waals surface area contributed by atoms with Gasteiger partial charge in [-0.15, -0.1) is 0 Å². The highest BCUT2D eigenvalue weighted by molar-refractivity contribution is 5.75. The van der Waals surface area contributed by atoms with Crippen molar-refractivity contribution in [3.63, 3.8) is 0 Å². The lowest BCUT2D eigenvalue weighted by Gasteiger charge is -2.18. The van der Waals surface area contributed by atoms with Crippen LogP contribution in [0.2, 0.25) is 0 Å². The zero-order chi connectivity index (χ0) is 33.8. The van der Waals surface area contributed by atoms with Gasteiger partial charge in [0.05, 0.1) is 0 Å². The molecular weight excluding hydrogens is 574 g/mol. The van der Waals surface area contributed by atoms with Crippen LogP contribution in [0.1, 0.15) is 220 Å². The Hall–Kier alpha value is -1.59. The maximum atomic E-state index is 12.6. The summed E-state index contributed by atoms with van der Waals surface area (Å²) in [7, 11) is 0. The summed E-state index contributed by atoms with van der Waals surface area (Å²) >= 11 is 0. The second-order valence-corrected chi connectivity index (χ2v) is 13.7. The summed E-state index contributed by atoms with van der Waals surface area (Å²) in [5.41, 5.74) is 0. The third-order valence-electron chi connectivity index (χ3n) is 8.96. The molecule has 0 radical (unpaired) electrons. The van der Waals surface area contributed by atoms with Gasteiger partial charge in [-0.2, -0.15) is 0 Å². The van der Waals surface area contributed by atoms with Crippen molar-refractivity contribution in [2.45, 2.75) is 226 Å². The van der Waals surface area contributed by atoms with Crippen molar-refractivity contribution in [1.29, 1.82) is 0 Å². The van der Waals surface area contributed by atoms with Crippen molar-refractivity contribution in [3.8, 4) is 0 Å². The zero-order valence-electron chi connectivity index (χ0n) is 31.0. The molecule has 0 bridgehead atoms. The molecule has 272 valence electrons. The number of unbranched alkanes of at least 4 members (excludes halogenated alkanes) is 24. The van der Waals surface area contributed by atoms with Crippen molar-refractivity contribution < 1.29 is 23.9 Å². The van der Waals surface area contributed by atoms with Crippen molar-refractivity contribution in [1.82, 2.24) is 5.32 Å². The molecule has 0 aliphatic heterocycles. The molecule has 0 spiro atoms. The van der Waals surface area contributed by atoms with E-state index in [1.54, 1.807) is 0 Å². The van der Waals surface area contributed by atoms with Gasteiger partial charge in [-0.3, -0.25) is 14.4 Å². The maximum absolute atomic E-state index is 12.6. The van der Waals surface area contributed by atoms with Gasteiger partial charge in [-0.1, -0.05) is 175 Å². The van der Waals surface area contributed by atoms with Gasteiger partial charge in [0.15, 0.2) is 0 Å². The number of ether oxygens (including phenoxy) is 2. The summed E-state index contributed by atoms with van der Waals surface area (Å²) in [5.74, 6) is -0.463. The van der Waals surface area contributed by atoms with Crippen LogP contribution in [0, 0.1) is 0 Å². The van der Waals surface area contributed by atoms with E-state index in [-0.39, 0.29) is 24.5 Å². The minimum absolute atomic E-state index is 0.000969. The first kappa shape index (κ1) is 44.4. The fourth-order valence-electron chi connectivity index (χ4n) is 5.94. The first-order valence-electron chi connectivity index (χ1n) is 20.1. The predicted molar refractivity (Wildman–Crippen MR) is 194 cm³/mol. The Kier molecular flexibility index (Phi) is 35.0. The molecule has 0 rings (SSSR count). The Morgan fingerprint density at radius 3 is 1.22 bits per heavy atom. The Balaban J connectivity index is 4.05. The van der Waals surface area contributed by atoms with E-state index in [0.717, 1.165) is 38.5 Å². The number of nitrogens with one attached hydrogen (secondary N) is 1. The fourth-order valence-corrected chi connectivity index (χ4v) is 5.94. The molecule has 1 N–H and O–H groups in total. The lowest BCUT2D eigenvalue weighted by Crippen LogP contribution is -2.31. The number of esters is 2. The van der Waals surface area contributed by atoms with E-state index in [1.165, 1.54) is 135 Å². The molecule has 1 amide bonds. The van der Waals surface area contributed by atoms with E-state index < -0.39 is 6.10 Å². The van der Waals surface area contributed by atoms with Crippen molar-refractivity contribution in [2.75, 3.05) is 13.2 Å². The number of rotatable bonds is 36. The molecule has 0 aromatic heterocycles. The Morgan fingerprint density at radius 1 is 0.457 bits per heavy atom. The standard InChI is InChI=1S/C40H77NO5/c1-4-7-9-11-13-15-17-19-21-23-25-27-29-32-39(43)45-36-37(34-35-41-38(42)31-6-3)46-40(44)33-30-28-26-24-22-20-18-16-14-12-10-8-5-2/h37H,4-36H2,1-3H3,(H,41,42). The average molecular weight is 652 g/mol. The minimum Gasteiger partial charge on any atom is -0.462 e. The molecule has 0 aliphatic carbocycles. The summed E-state index contributed by atoms with van der Waals surface area (Å²) in [6.45, 7) is 6.97. The zero-order valence-corrected chi connectivity index (χ0v) is 31.0. The lowest BCUT2D eigenvalue weighted by atomic mass is 10.0. The van der Waals surface area contributed by atoms with E-state index in [2.05, 4.69) is 19.2 Å². The average Bonchev–Trinajstić information content (AvgIpc) is 3.04. The highest BCUT2D eigenvalue weighted by Gasteiger charge is 2.17. The van der Waals surface area contributed by atoms with Gasteiger partial charge in [-0.05, 0) is 19.3 Å². The van der Waals surface area contributed by atoms with Crippen LogP contribution in [0.25, 0.3) is 0 Å². The molecule has 6 heteroatoms. The smallest absolute Gasteiger partial charge is 0.306 e. The van der Waals surface area contributed by atoms with Crippen molar-refractivity contribution in [2.24, 2.45) is 0 Å². The van der Waals surface area contributed by atoms with Gasteiger partial charge in [0.2, 0.25) is 5.91 Å². The highest BCUT2D eigenvalue weighted by Crippen LogP contribution is 2.15. The molecule has 46 heavy (non-hydrogen) atoms. The second-order valence-electron chi connectivity index (χ2n) is 13.7. The molecule has 1 unspecified atom stereocenters. The quantitative estimate of drug-likeness (QED) is 0.0538. The SMILES string of the molecule is CCCCCCCCCCCCCCCC(=O)OCC(CCNC(=O)CCC)OC(=O)CCCCCCCCCCCCCCC. The molecule has 0 saturated carbocycles. The Labute approximate surface area is 285 Å². The van der Waals surface area contributed by atoms with E-state index >= 15 is 0 Å². The van der Waals surface area contributed by atoms with Crippen LogP contribution in [0.3, 0.4) is 0 Å². The molecule has 0 saturated heterocycles. The summed E-state index contributed by atoms with van der Waals surface area (Å²) in [5, 5.41) is 2.88. The number of amides is 1. The third kappa shape index (κ3) is 33.8. The van der Waals surface area contributed by atoms with E-state index in [9.17, 15) is 14.4 Å². The monoisotopic (exact) mass is 652 g/mol. The van der Waals surface area contributed by atoms with Crippen LogP contribution < -0.4 is 5.32 Å². The molecule has 0 fully saturated rings. The topological polar surface area (TPSA) is 81.7 Å². The van der Waals surface area contributed by atoms with Gasteiger partial charge in [0.25, 0.3) is 0 Å². The Bertz CT molecular complexity index is 683. The van der Waals surface area contributed by atoms with E-state index in [1.807, 2.05) is 6.92 Å².